The van der Waals surface area contributed by atoms with Gasteiger partial charge >= 0.3 is 6.16 Å². The quantitative estimate of drug-likeness (QED) is 0.0281. The molecule has 0 aliphatic rings. The van der Waals surface area contributed by atoms with Crippen LogP contribution < -0.4 is 19.9 Å². The molecule has 0 amide bonds. The van der Waals surface area contributed by atoms with E-state index in [2.05, 4.69) is 15.6 Å². The maximum atomic E-state index is 11.9. The minimum atomic E-state index is -0.801. The van der Waals surface area contributed by atoms with E-state index in [1.165, 1.54) is 0 Å². The first kappa shape index (κ1) is 39.5. The Balaban J connectivity index is 1.47. The first-order valence-electron chi connectivity index (χ1n) is 15.5. The van der Waals surface area contributed by atoms with Gasteiger partial charge in [-0.3, -0.25) is 10.3 Å². The van der Waals surface area contributed by atoms with Crippen LogP contribution in [-0.4, -0.2) is 98.4 Å². The first-order chi connectivity index (χ1) is 23.1. The van der Waals surface area contributed by atoms with Gasteiger partial charge in [0.05, 0.1) is 71.8 Å². The van der Waals surface area contributed by atoms with Crippen LogP contribution in [0.25, 0.3) is 0 Å². The van der Waals surface area contributed by atoms with Gasteiger partial charge in [0.1, 0.15) is 12.4 Å². The van der Waals surface area contributed by atoms with E-state index in [1.54, 1.807) is 48.3 Å². The van der Waals surface area contributed by atoms with Gasteiger partial charge < -0.3 is 43.2 Å². The van der Waals surface area contributed by atoms with Gasteiger partial charge in [0.15, 0.2) is 18.6 Å². The number of carbonyl (C=O) groups is 1. The predicted octanol–water partition coefficient (Wildman–Crippen LogP) is 3.93. The number of guanidine groups is 1. The lowest BCUT2D eigenvalue weighted by Crippen LogP contribution is -2.36. The predicted molar refractivity (Wildman–Crippen MR) is 174 cm³/mol. The number of ether oxygens (including phenoxy) is 8. The number of benzene rings is 1. The summed E-state index contributed by atoms with van der Waals surface area (Å²) < 4.78 is 43.8. The molecule has 0 fully saturated rings. The Morgan fingerprint density at radius 2 is 1.38 bits per heavy atom. The Morgan fingerprint density at radius 1 is 0.787 bits per heavy atom. The molecule has 2 N–H and O–H groups in total. The molecule has 0 bridgehead atoms. The average Bonchev–Trinajstić information content (AvgIpc) is 3.08. The Hall–Kier alpha value is -3.71. The highest BCUT2D eigenvalue weighted by atomic mass is 35.5. The Kier molecular flexibility index (Phi) is 23.0. The maximum Gasteiger partial charge on any atom is 0.513 e. The third-order valence-corrected chi connectivity index (χ3v) is 6.31. The minimum Gasteiger partial charge on any atom is -0.494 e. The molecule has 47 heavy (non-hydrogen) atoms. The van der Waals surface area contributed by atoms with Crippen LogP contribution in [0.1, 0.15) is 25.7 Å². The van der Waals surface area contributed by atoms with E-state index >= 15 is 0 Å². The summed E-state index contributed by atoms with van der Waals surface area (Å²) in [5.41, 5.74) is 0.710. The molecule has 15 heteroatoms. The maximum absolute atomic E-state index is 11.9. The second kappa shape index (κ2) is 27.4. The fourth-order valence-corrected chi connectivity index (χ4v) is 3.79. The molecular weight excluding hydrogens is 634 g/mol. The minimum absolute atomic E-state index is 0.0305. The molecule has 0 aliphatic carbocycles. The molecule has 14 nitrogen and oxygen atoms in total. The molecule has 1 aromatic carbocycles. The number of carbonyl (C=O) groups excluding carboxylic acids is 1. The van der Waals surface area contributed by atoms with Gasteiger partial charge in [0, 0.05) is 30.8 Å². The molecule has 0 aliphatic heterocycles. The van der Waals surface area contributed by atoms with Crippen LogP contribution in [0.2, 0.25) is 5.02 Å². The lowest BCUT2D eigenvalue weighted by Gasteiger charge is -2.08. The van der Waals surface area contributed by atoms with Gasteiger partial charge in [0.25, 0.3) is 6.73 Å². The van der Waals surface area contributed by atoms with E-state index < -0.39 is 6.16 Å². The summed E-state index contributed by atoms with van der Waals surface area (Å²) in [4.78, 5) is 16.3. The van der Waals surface area contributed by atoms with Crippen LogP contribution in [0.4, 0.5) is 10.5 Å². The number of hydrogen-bond donors (Lipinski definition) is 2. The van der Waals surface area contributed by atoms with Crippen molar-refractivity contribution in [1.82, 2.24) is 5.32 Å². The van der Waals surface area contributed by atoms with Crippen LogP contribution in [0, 0.1) is 11.5 Å². The number of nitriles is 1. The van der Waals surface area contributed by atoms with Crippen molar-refractivity contribution in [1.29, 1.82) is 5.26 Å². The normalized spacial score (nSPS) is 11.1. The van der Waals surface area contributed by atoms with Gasteiger partial charge in [-0.15, -0.1) is 0 Å². The van der Waals surface area contributed by atoms with Crippen molar-refractivity contribution in [2.45, 2.75) is 32.4 Å². The van der Waals surface area contributed by atoms with Crippen LogP contribution in [0.5, 0.6) is 5.75 Å². The Morgan fingerprint density at radius 3 is 2.00 bits per heavy atom. The van der Waals surface area contributed by atoms with Crippen LogP contribution in [0.3, 0.4) is 0 Å². The van der Waals surface area contributed by atoms with Crippen LogP contribution >= 0.6 is 11.6 Å². The monoisotopic (exact) mass is 680 g/mol. The third-order valence-electron chi connectivity index (χ3n) is 6.06. The van der Waals surface area contributed by atoms with Crippen molar-refractivity contribution in [3.63, 3.8) is 0 Å². The fraction of sp³-hybridized carbons (Fsp3) is 0.562. The van der Waals surface area contributed by atoms with E-state index in [-0.39, 0.29) is 19.9 Å². The van der Waals surface area contributed by atoms with Crippen LogP contribution in [0.15, 0.2) is 53.8 Å². The van der Waals surface area contributed by atoms with E-state index in [0.717, 1.165) is 31.4 Å². The topological polar surface area (TPSA) is 155 Å². The van der Waals surface area contributed by atoms with Crippen LogP contribution in [-0.2, 0) is 39.9 Å². The van der Waals surface area contributed by atoms with Gasteiger partial charge in [-0.2, -0.15) is 9.83 Å². The Bertz CT molecular complexity index is 1150. The van der Waals surface area contributed by atoms with Crippen molar-refractivity contribution in [3.8, 4) is 11.9 Å². The van der Waals surface area contributed by atoms with Gasteiger partial charge in [-0.25, -0.2) is 4.79 Å². The molecule has 0 spiro atoms. The lowest BCUT2D eigenvalue weighted by molar-refractivity contribution is -0.727. The molecule has 0 saturated carbocycles. The zero-order valence-corrected chi connectivity index (χ0v) is 27.8. The standard InChI is InChI=1S/C32H46ClN5O9/c1-40-16-17-41-18-19-42-20-21-43-22-23-44-24-25-46-32(39)47-27-38-13-10-29(11-14-38)37-31(36-26-34)35-12-4-2-3-5-15-45-30-8-6-28(33)7-9-30/h6-11,13-14H,2-5,12,15-25,27H2,1H3,(H,35,36)/p+1. The summed E-state index contributed by atoms with van der Waals surface area (Å²) >= 11 is 5.88. The largest absolute Gasteiger partial charge is 0.513 e. The smallest absolute Gasteiger partial charge is 0.494 e. The van der Waals surface area contributed by atoms with Gasteiger partial charge in [-0.05, 0) is 43.5 Å². The molecule has 0 unspecified atom stereocenters. The number of aliphatic imine (C=N–C) groups is 1. The number of nitrogens with one attached hydrogen (secondary N) is 2. The lowest BCUT2D eigenvalue weighted by atomic mass is 10.2. The summed E-state index contributed by atoms with van der Waals surface area (Å²) in [6, 6.07) is 10.9. The summed E-state index contributed by atoms with van der Waals surface area (Å²) in [5, 5.41) is 15.4. The number of rotatable bonds is 26. The number of anilines is 1. The molecule has 0 atom stereocenters. The third kappa shape index (κ3) is 21.7. The summed E-state index contributed by atoms with van der Waals surface area (Å²) in [7, 11) is 1.63. The highest BCUT2D eigenvalue weighted by Crippen LogP contribution is 2.16. The SMILES string of the molecule is COCCOCCOCCOCCOCCOC(=O)OC[n+]1ccc(N/C(=N\CCCCCCOc2ccc(Cl)cc2)NC#N)cc1. The summed E-state index contributed by atoms with van der Waals surface area (Å²) in [6.07, 6.45) is 8.36. The van der Waals surface area contributed by atoms with Gasteiger partial charge in [0.2, 0.25) is 5.96 Å². The number of halogens is 1. The highest BCUT2D eigenvalue weighted by molar-refractivity contribution is 6.30. The van der Waals surface area contributed by atoms with Crippen molar-refractivity contribution in [2.24, 2.45) is 4.99 Å². The second-order valence-electron chi connectivity index (χ2n) is 9.72. The number of hydrogen-bond acceptors (Lipinski definition) is 11. The Labute approximate surface area is 281 Å². The summed E-state index contributed by atoms with van der Waals surface area (Å²) in [5.74, 6) is 1.17. The van der Waals surface area contributed by atoms with Crippen molar-refractivity contribution < 1.29 is 47.3 Å². The number of unbranched alkanes of at least 4 members (excludes halogenated alkanes) is 3. The zero-order chi connectivity index (χ0) is 33.6. The fourth-order valence-electron chi connectivity index (χ4n) is 3.66. The van der Waals surface area contributed by atoms with Crippen molar-refractivity contribution in [2.75, 3.05) is 91.6 Å². The molecule has 0 saturated heterocycles. The number of methoxy groups -OCH3 is 1. The molecular formula is C32H47ClN5O9+. The number of nitrogens with zero attached hydrogens (tertiary/aromatic N) is 3. The highest BCUT2D eigenvalue weighted by Gasteiger charge is 2.09. The van der Waals surface area contributed by atoms with Crippen molar-refractivity contribution in [3.05, 3.63) is 53.8 Å². The van der Waals surface area contributed by atoms with Crippen molar-refractivity contribution >= 4 is 29.4 Å². The average molecular weight is 681 g/mol. The first-order valence-corrected chi connectivity index (χ1v) is 15.9. The summed E-state index contributed by atoms with van der Waals surface area (Å²) in [6.45, 7) is 5.30. The zero-order valence-electron chi connectivity index (χ0n) is 27.0. The number of pyridine rings is 1. The number of aromatic nitrogens is 1. The molecule has 0 radical (unpaired) electrons. The second-order valence-corrected chi connectivity index (χ2v) is 10.2. The van der Waals surface area contributed by atoms with E-state index in [0.29, 0.717) is 82.7 Å². The molecule has 1 heterocycles. The van der Waals surface area contributed by atoms with Gasteiger partial charge in [-0.1, -0.05) is 18.0 Å². The molecule has 260 valence electrons. The van der Waals surface area contributed by atoms with E-state index in [4.69, 9.17) is 54.8 Å². The molecule has 1 aromatic heterocycles. The molecule has 2 aromatic rings. The van der Waals surface area contributed by atoms with E-state index in [1.807, 2.05) is 18.3 Å². The molecule has 2 rings (SSSR count). The van der Waals surface area contributed by atoms with E-state index in [9.17, 15) is 4.79 Å².